The number of carbonyl (C=O) groups excluding carboxylic acids is 2. The highest BCUT2D eigenvalue weighted by Gasteiger charge is 2.29. The Balaban J connectivity index is 1.44. The van der Waals surface area contributed by atoms with Gasteiger partial charge in [0.2, 0.25) is 5.91 Å². The molecule has 4 rings (SSSR count). The molecule has 2 aliphatic rings. The summed E-state index contributed by atoms with van der Waals surface area (Å²) in [5.74, 6) is -0.640. The number of hydrogen-bond donors (Lipinski definition) is 1. The second kappa shape index (κ2) is 7.80. The van der Waals surface area contributed by atoms with Crippen molar-refractivity contribution in [3.05, 3.63) is 51.5 Å². The van der Waals surface area contributed by atoms with Crippen molar-refractivity contribution in [2.45, 2.75) is 38.5 Å². The Morgan fingerprint density at radius 1 is 1.15 bits per heavy atom. The Labute approximate surface area is 162 Å². The minimum Gasteiger partial charge on any atom is -0.338 e. The molecule has 142 valence electrons. The first kappa shape index (κ1) is 18.2. The van der Waals surface area contributed by atoms with E-state index in [2.05, 4.69) is 5.32 Å². The molecule has 2 amide bonds. The largest absolute Gasteiger partial charge is 0.338 e. The molecular formula is C21H23FN2O2S. The number of piperidine rings is 1. The van der Waals surface area contributed by atoms with Gasteiger partial charge in [-0.05, 0) is 62.3 Å². The maximum Gasteiger partial charge on any atom is 0.263 e. The average molecular weight is 386 g/mol. The van der Waals surface area contributed by atoms with Gasteiger partial charge >= 0.3 is 0 Å². The molecule has 0 spiro atoms. The van der Waals surface area contributed by atoms with Crippen molar-refractivity contribution in [2.24, 2.45) is 5.92 Å². The molecule has 6 heteroatoms. The van der Waals surface area contributed by atoms with Crippen LogP contribution in [0.1, 0.15) is 45.8 Å². The first-order valence-electron chi connectivity index (χ1n) is 9.58. The third-order valence-corrected chi connectivity index (χ3v) is 6.66. The van der Waals surface area contributed by atoms with E-state index in [9.17, 15) is 14.0 Å². The summed E-state index contributed by atoms with van der Waals surface area (Å²) in [6.07, 6.45) is 5.49. The van der Waals surface area contributed by atoms with Crippen LogP contribution in [0.5, 0.6) is 0 Å². The average Bonchev–Trinajstić information content (AvgIpc) is 3.13. The molecule has 4 nitrogen and oxygen atoms in total. The van der Waals surface area contributed by atoms with Gasteiger partial charge in [-0.15, -0.1) is 11.3 Å². The van der Waals surface area contributed by atoms with E-state index in [1.807, 2.05) is 11.0 Å². The van der Waals surface area contributed by atoms with Crippen LogP contribution >= 0.6 is 11.3 Å². The normalized spacial score (nSPS) is 19.4. The van der Waals surface area contributed by atoms with Crippen LogP contribution in [-0.4, -0.2) is 29.8 Å². The highest BCUT2D eigenvalue weighted by molar-refractivity contribution is 7.14. The van der Waals surface area contributed by atoms with E-state index < -0.39 is 5.82 Å². The van der Waals surface area contributed by atoms with Gasteiger partial charge in [-0.25, -0.2) is 4.39 Å². The van der Waals surface area contributed by atoms with E-state index >= 15 is 0 Å². The molecule has 2 aromatic rings. The van der Waals surface area contributed by atoms with Crippen LogP contribution in [0.15, 0.2) is 30.3 Å². The molecule has 1 aliphatic heterocycles. The smallest absolute Gasteiger partial charge is 0.263 e. The number of nitrogens with one attached hydrogen (secondary N) is 1. The van der Waals surface area contributed by atoms with Gasteiger partial charge in [0, 0.05) is 23.9 Å². The van der Waals surface area contributed by atoms with Crippen molar-refractivity contribution in [1.82, 2.24) is 4.90 Å². The first-order chi connectivity index (χ1) is 13.1. The highest BCUT2D eigenvalue weighted by atomic mass is 32.1. The third kappa shape index (κ3) is 3.90. The molecule has 1 fully saturated rings. The summed E-state index contributed by atoms with van der Waals surface area (Å²) in [4.78, 5) is 29.2. The van der Waals surface area contributed by atoms with Crippen LogP contribution in [0.2, 0.25) is 0 Å². The minimum atomic E-state index is -0.424. The fraction of sp³-hybridized carbons (Fsp3) is 0.429. The lowest BCUT2D eigenvalue weighted by Gasteiger charge is -2.26. The van der Waals surface area contributed by atoms with Gasteiger partial charge in [0.25, 0.3) is 5.91 Å². The van der Waals surface area contributed by atoms with Crippen molar-refractivity contribution in [2.75, 3.05) is 18.4 Å². The molecule has 2 heterocycles. The SMILES string of the molecule is O=C(Nc1ccccc1F)[C@H]1CCc2sc(C(=O)N3CCCCC3)cc2C1. The Hall–Kier alpha value is -2.21. The summed E-state index contributed by atoms with van der Waals surface area (Å²) in [5.41, 5.74) is 1.32. The number of anilines is 1. The van der Waals surface area contributed by atoms with Gasteiger partial charge in [-0.2, -0.15) is 0 Å². The van der Waals surface area contributed by atoms with E-state index in [1.54, 1.807) is 29.5 Å². The van der Waals surface area contributed by atoms with Crippen LogP contribution in [0.4, 0.5) is 10.1 Å². The molecule has 1 N–H and O–H groups in total. The van der Waals surface area contributed by atoms with E-state index in [-0.39, 0.29) is 23.4 Å². The summed E-state index contributed by atoms with van der Waals surface area (Å²) in [5, 5.41) is 2.71. The Morgan fingerprint density at radius 3 is 2.70 bits per heavy atom. The standard InChI is InChI=1S/C21H23FN2O2S/c22-16-6-2-3-7-17(16)23-20(25)14-8-9-18-15(12-14)13-19(27-18)21(26)24-10-4-1-5-11-24/h2-3,6-7,13-14H,1,4-5,8-12H2,(H,23,25)/t14-/m0/s1. The number of carbonyl (C=O) groups is 2. The number of likely N-dealkylation sites (tertiary alicyclic amines) is 1. The summed E-state index contributed by atoms with van der Waals surface area (Å²) < 4.78 is 13.8. The van der Waals surface area contributed by atoms with E-state index in [0.29, 0.717) is 6.42 Å². The lowest BCUT2D eigenvalue weighted by atomic mass is 9.87. The lowest BCUT2D eigenvalue weighted by molar-refractivity contribution is -0.120. The molecule has 1 saturated heterocycles. The van der Waals surface area contributed by atoms with Crippen LogP contribution < -0.4 is 5.32 Å². The quantitative estimate of drug-likeness (QED) is 0.857. The first-order valence-corrected chi connectivity index (χ1v) is 10.4. The number of aryl methyl sites for hydroxylation is 1. The van der Waals surface area contributed by atoms with Crippen molar-refractivity contribution >= 4 is 28.8 Å². The van der Waals surface area contributed by atoms with Gasteiger partial charge in [-0.3, -0.25) is 9.59 Å². The molecule has 1 atom stereocenters. The number of hydrogen-bond acceptors (Lipinski definition) is 3. The second-order valence-corrected chi connectivity index (χ2v) is 8.46. The molecule has 0 saturated carbocycles. The van der Waals surface area contributed by atoms with Crippen LogP contribution in [-0.2, 0) is 17.6 Å². The maximum atomic E-state index is 13.8. The summed E-state index contributed by atoms with van der Waals surface area (Å²) in [7, 11) is 0. The molecule has 1 aromatic heterocycles. The van der Waals surface area contributed by atoms with Crippen molar-refractivity contribution < 1.29 is 14.0 Å². The van der Waals surface area contributed by atoms with Crippen LogP contribution in [0.25, 0.3) is 0 Å². The zero-order chi connectivity index (χ0) is 18.8. The maximum absolute atomic E-state index is 13.8. The van der Waals surface area contributed by atoms with Crippen molar-refractivity contribution in [3.63, 3.8) is 0 Å². The minimum absolute atomic E-state index is 0.126. The molecule has 0 unspecified atom stereocenters. The molecule has 1 aromatic carbocycles. The molecular weight excluding hydrogens is 363 g/mol. The molecule has 0 bridgehead atoms. The zero-order valence-electron chi connectivity index (χ0n) is 15.2. The fourth-order valence-corrected chi connectivity index (χ4v) is 5.08. The number of para-hydroxylation sites is 1. The van der Waals surface area contributed by atoms with Gasteiger partial charge < -0.3 is 10.2 Å². The summed E-state index contributed by atoms with van der Waals surface area (Å²) >= 11 is 1.57. The number of fused-ring (bicyclic) bond motifs is 1. The number of benzene rings is 1. The predicted molar refractivity (Wildman–Crippen MR) is 105 cm³/mol. The van der Waals surface area contributed by atoms with Crippen LogP contribution in [0.3, 0.4) is 0 Å². The highest BCUT2D eigenvalue weighted by Crippen LogP contribution is 2.34. The van der Waals surface area contributed by atoms with Crippen molar-refractivity contribution in [1.29, 1.82) is 0 Å². The molecule has 27 heavy (non-hydrogen) atoms. The van der Waals surface area contributed by atoms with Gasteiger partial charge in [0.15, 0.2) is 0 Å². The lowest BCUT2D eigenvalue weighted by Crippen LogP contribution is -2.35. The van der Waals surface area contributed by atoms with E-state index in [4.69, 9.17) is 0 Å². The number of nitrogens with zero attached hydrogens (tertiary/aromatic N) is 1. The van der Waals surface area contributed by atoms with Gasteiger partial charge in [-0.1, -0.05) is 12.1 Å². The van der Waals surface area contributed by atoms with Crippen LogP contribution in [0, 0.1) is 11.7 Å². The zero-order valence-corrected chi connectivity index (χ0v) is 16.0. The Bertz CT molecular complexity index is 858. The second-order valence-electron chi connectivity index (χ2n) is 7.32. The number of rotatable bonds is 3. The Kier molecular flexibility index (Phi) is 5.25. The predicted octanol–water partition coefficient (Wildman–Crippen LogP) is 4.26. The van der Waals surface area contributed by atoms with Crippen molar-refractivity contribution in [3.8, 4) is 0 Å². The molecule has 1 aliphatic carbocycles. The molecule has 0 radical (unpaired) electrons. The number of amides is 2. The summed E-state index contributed by atoms with van der Waals surface area (Å²) in [6.45, 7) is 1.68. The topological polar surface area (TPSA) is 49.4 Å². The fourth-order valence-electron chi connectivity index (χ4n) is 3.90. The monoisotopic (exact) mass is 386 g/mol. The van der Waals surface area contributed by atoms with E-state index in [1.165, 1.54) is 17.4 Å². The summed E-state index contributed by atoms with van der Waals surface area (Å²) in [6, 6.07) is 8.19. The number of thiophene rings is 1. The Morgan fingerprint density at radius 2 is 1.93 bits per heavy atom. The van der Waals surface area contributed by atoms with E-state index in [0.717, 1.165) is 49.2 Å². The number of halogens is 1. The van der Waals surface area contributed by atoms with Gasteiger partial charge in [0.05, 0.1) is 10.6 Å². The third-order valence-electron chi connectivity index (χ3n) is 5.44. The van der Waals surface area contributed by atoms with Gasteiger partial charge in [0.1, 0.15) is 5.82 Å².